The molecule has 0 aliphatic rings. The second-order valence-corrected chi connectivity index (χ2v) is 7.40. The highest BCUT2D eigenvalue weighted by atomic mass is 32.2. The summed E-state index contributed by atoms with van der Waals surface area (Å²) in [5, 5.41) is 9.05. The lowest BCUT2D eigenvalue weighted by Crippen LogP contribution is -2.12. The van der Waals surface area contributed by atoms with Crippen molar-refractivity contribution in [3.63, 3.8) is 0 Å². The summed E-state index contributed by atoms with van der Waals surface area (Å²) in [6, 6.07) is 14.1. The van der Waals surface area contributed by atoms with Gasteiger partial charge in [-0.1, -0.05) is 12.1 Å². The van der Waals surface area contributed by atoms with E-state index in [1.165, 1.54) is 35.0 Å². The van der Waals surface area contributed by atoms with Gasteiger partial charge in [0, 0.05) is 12.1 Å². The van der Waals surface area contributed by atoms with Crippen LogP contribution < -0.4 is 9.88 Å². The Morgan fingerprint density at radius 1 is 1.11 bits per heavy atom. The number of primary sulfonamides is 1. The minimum absolute atomic E-state index is 0.0656. The Balaban J connectivity index is 1.98. The first kappa shape index (κ1) is 19.0. The van der Waals surface area contributed by atoms with E-state index >= 15 is 0 Å². The fourth-order valence-corrected chi connectivity index (χ4v) is 3.14. The summed E-state index contributed by atoms with van der Waals surface area (Å²) in [6.45, 7) is 0. The van der Waals surface area contributed by atoms with Crippen LogP contribution in [-0.2, 0) is 16.4 Å². The average Bonchev–Trinajstić information content (AvgIpc) is 3.06. The van der Waals surface area contributed by atoms with Crippen molar-refractivity contribution in [3.05, 3.63) is 71.5 Å². The normalized spacial score (nSPS) is 11.7. The Hall–Kier alpha value is -2.78. The van der Waals surface area contributed by atoms with E-state index < -0.39 is 16.4 Å². The SMILES string of the molecule is COc1ccc(Cc2cc(C(F)F)nn2-c2ccc(S(N)(=O)=O)cc2)cc1. The predicted octanol–water partition coefficient (Wildman–Crippen LogP) is 3.06. The molecule has 0 fully saturated rings. The van der Waals surface area contributed by atoms with Gasteiger partial charge in [-0.15, -0.1) is 0 Å². The highest BCUT2D eigenvalue weighted by molar-refractivity contribution is 7.89. The number of halogens is 2. The van der Waals surface area contributed by atoms with Crippen molar-refractivity contribution in [2.24, 2.45) is 5.14 Å². The number of aromatic nitrogens is 2. The highest BCUT2D eigenvalue weighted by Crippen LogP contribution is 2.24. The minimum atomic E-state index is -3.84. The number of benzene rings is 2. The van der Waals surface area contributed by atoms with E-state index in [0.29, 0.717) is 23.6 Å². The number of nitrogens with zero attached hydrogens (tertiary/aromatic N) is 2. The number of hydrogen-bond donors (Lipinski definition) is 1. The van der Waals surface area contributed by atoms with Crippen LogP contribution in [0.15, 0.2) is 59.5 Å². The van der Waals surface area contributed by atoms with Crippen LogP contribution in [0.25, 0.3) is 5.69 Å². The molecular weight excluding hydrogens is 376 g/mol. The molecule has 0 unspecified atom stereocenters. The van der Waals surface area contributed by atoms with Gasteiger partial charge in [0.1, 0.15) is 11.4 Å². The summed E-state index contributed by atoms with van der Waals surface area (Å²) in [5.74, 6) is 0.694. The van der Waals surface area contributed by atoms with E-state index in [4.69, 9.17) is 9.88 Å². The topological polar surface area (TPSA) is 87.2 Å². The van der Waals surface area contributed by atoms with Crippen LogP contribution in [0, 0.1) is 0 Å². The number of rotatable bonds is 6. The van der Waals surface area contributed by atoms with E-state index in [-0.39, 0.29) is 10.6 Å². The first-order chi connectivity index (χ1) is 12.8. The molecule has 0 amide bonds. The van der Waals surface area contributed by atoms with Crippen LogP contribution in [0.3, 0.4) is 0 Å². The van der Waals surface area contributed by atoms with Gasteiger partial charge >= 0.3 is 0 Å². The van der Waals surface area contributed by atoms with Gasteiger partial charge in [0.15, 0.2) is 0 Å². The van der Waals surface area contributed by atoms with Crippen LogP contribution in [0.1, 0.15) is 23.4 Å². The number of ether oxygens (including phenoxy) is 1. The molecule has 27 heavy (non-hydrogen) atoms. The Labute approximate surface area is 155 Å². The molecule has 0 aliphatic carbocycles. The van der Waals surface area contributed by atoms with Crippen molar-refractivity contribution in [2.45, 2.75) is 17.7 Å². The Bertz CT molecular complexity index is 1030. The molecule has 3 rings (SSSR count). The second kappa shape index (κ2) is 7.45. The quantitative estimate of drug-likeness (QED) is 0.697. The third kappa shape index (κ3) is 4.32. The summed E-state index contributed by atoms with van der Waals surface area (Å²) in [6.07, 6.45) is -2.36. The first-order valence-corrected chi connectivity index (χ1v) is 9.45. The van der Waals surface area contributed by atoms with Crippen molar-refractivity contribution in [1.29, 1.82) is 0 Å². The van der Waals surface area contributed by atoms with Crippen molar-refractivity contribution >= 4 is 10.0 Å². The third-order valence-electron chi connectivity index (χ3n) is 3.98. The molecule has 9 heteroatoms. The maximum absolute atomic E-state index is 13.1. The molecule has 0 aliphatic heterocycles. The highest BCUT2D eigenvalue weighted by Gasteiger charge is 2.17. The van der Waals surface area contributed by atoms with Gasteiger partial charge in [-0.25, -0.2) is 27.0 Å². The van der Waals surface area contributed by atoms with Crippen LogP contribution in [-0.4, -0.2) is 25.3 Å². The van der Waals surface area contributed by atoms with Crippen molar-refractivity contribution in [3.8, 4) is 11.4 Å². The molecule has 6 nitrogen and oxygen atoms in total. The molecule has 2 N–H and O–H groups in total. The van der Waals surface area contributed by atoms with E-state index in [1.54, 1.807) is 19.2 Å². The summed E-state index contributed by atoms with van der Waals surface area (Å²) < 4.78 is 55.5. The van der Waals surface area contributed by atoms with E-state index in [0.717, 1.165) is 5.56 Å². The van der Waals surface area contributed by atoms with Crippen LogP contribution >= 0.6 is 0 Å². The number of nitrogens with two attached hydrogens (primary N) is 1. The molecular formula is C18H17F2N3O3S. The number of alkyl halides is 2. The monoisotopic (exact) mass is 393 g/mol. The maximum atomic E-state index is 13.1. The average molecular weight is 393 g/mol. The van der Waals surface area contributed by atoms with Crippen LogP contribution in [0.2, 0.25) is 0 Å². The van der Waals surface area contributed by atoms with Gasteiger partial charge in [-0.05, 0) is 48.0 Å². The van der Waals surface area contributed by atoms with Gasteiger partial charge in [-0.2, -0.15) is 5.10 Å². The molecule has 142 valence electrons. The molecule has 0 radical (unpaired) electrons. The zero-order chi connectivity index (χ0) is 19.6. The van der Waals surface area contributed by atoms with Gasteiger partial charge in [0.2, 0.25) is 10.0 Å². The third-order valence-corrected chi connectivity index (χ3v) is 4.91. The lowest BCUT2D eigenvalue weighted by atomic mass is 10.1. The first-order valence-electron chi connectivity index (χ1n) is 7.91. The Kier molecular flexibility index (Phi) is 5.24. The molecule has 0 bridgehead atoms. The molecule has 0 spiro atoms. The van der Waals surface area contributed by atoms with Gasteiger partial charge < -0.3 is 4.74 Å². The van der Waals surface area contributed by atoms with Gasteiger partial charge in [0.05, 0.1) is 17.7 Å². The van der Waals surface area contributed by atoms with Crippen LogP contribution in [0.5, 0.6) is 5.75 Å². The smallest absolute Gasteiger partial charge is 0.282 e. The van der Waals surface area contributed by atoms with Gasteiger partial charge in [-0.3, -0.25) is 0 Å². The van der Waals surface area contributed by atoms with Crippen LogP contribution in [0.4, 0.5) is 8.78 Å². The lowest BCUT2D eigenvalue weighted by Gasteiger charge is -2.09. The number of methoxy groups -OCH3 is 1. The summed E-state index contributed by atoms with van der Waals surface area (Å²) in [7, 11) is -2.28. The molecule has 0 saturated heterocycles. The molecule has 1 aromatic heterocycles. The largest absolute Gasteiger partial charge is 0.497 e. The van der Waals surface area contributed by atoms with Gasteiger partial charge in [0.25, 0.3) is 6.43 Å². The number of hydrogen-bond acceptors (Lipinski definition) is 4. The van der Waals surface area contributed by atoms with Crippen molar-refractivity contribution in [2.75, 3.05) is 7.11 Å². The van der Waals surface area contributed by atoms with E-state index in [2.05, 4.69) is 5.10 Å². The Morgan fingerprint density at radius 2 is 1.74 bits per heavy atom. The second-order valence-electron chi connectivity index (χ2n) is 5.84. The van der Waals surface area contributed by atoms with Crippen molar-refractivity contribution < 1.29 is 21.9 Å². The standard InChI is InChI=1S/C18H17F2N3O3S/c1-26-15-6-2-12(3-7-15)10-14-11-17(18(19)20)22-23(14)13-4-8-16(9-5-13)27(21,24)25/h2-9,11,18H,10H2,1H3,(H2,21,24,25). The zero-order valence-corrected chi connectivity index (χ0v) is 15.2. The maximum Gasteiger partial charge on any atom is 0.282 e. The van der Waals surface area contributed by atoms with Crippen molar-refractivity contribution in [1.82, 2.24) is 9.78 Å². The summed E-state index contributed by atoms with van der Waals surface area (Å²) in [5.41, 5.74) is 1.53. The summed E-state index contributed by atoms with van der Waals surface area (Å²) in [4.78, 5) is -0.0656. The molecule has 2 aromatic carbocycles. The zero-order valence-electron chi connectivity index (χ0n) is 14.3. The molecule has 0 saturated carbocycles. The fourth-order valence-electron chi connectivity index (χ4n) is 2.63. The predicted molar refractivity (Wildman–Crippen MR) is 95.7 cm³/mol. The number of sulfonamides is 1. The van der Waals surface area contributed by atoms with E-state index in [9.17, 15) is 17.2 Å². The minimum Gasteiger partial charge on any atom is -0.497 e. The lowest BCUT2D eigenvalue weighted by molar-refractivity contribution is 0.145. The summed E-state index contributed by atoms with van der Waals surface area (Å²) >= 11 is 0. The molecule has 1 heterocycles. The van der Waals surface area contributed by atoms with E-state index in [1.807, 2.05) is 12.1 Å². The Morgan fingerprint density at radius 3 is 2.26 bits per heavy atom. The molecule has 3 aromatic rings. The fraction of sp³-hybridized carbons (Fsp3) is 0.167. The molecule has 0 atom stereocenters.